The minimum Gasteiger partial charge on any atom is -0.378 e. The van der Waals surface area contributed by atoms with Crippen LogP contribution in [-0.2, 0) is 14.9 Å². The smallest absolute Gasteiger partial charge is 0.339 e. The SMILES string of the molecule is O=C1N=C(N2CCN(c3ccccc3[N+](=O)[O-])CC2)S/C1=C\c1ccccc1OS(=O)(=O)c1ccccc1. The molecule has 194 valence electrons. The van der Waals surface area contributed by atoms with E-state index >= 15 is 0 Å². The van der Waals surface area contributed by atoms with Crippen LogP contribution in [0.25, 0.3) is 6.08 Å². The number of para-hydroxylation sites is 3. The number of benzene rings is 3. The second-order valence-corrected chi connectivity index (χ2v) is 11.0. The van der Waals surface area contributed by atoms with Crippen LogP contribution >= 0.6 is 11.8 Å². The van der Waals surface area contributed by atoms with Crippen molar-refractivity contribution >= 4 is 50.4 Å². The summed E-state index contributed by atoms with van der Waals surface area (Å²) in [6.45, 7) is 2.14. The number of nitro benzene ring substituents is 1. The van der Waals surface area contributed by atoms with Gasteiger partial charge in [-0.15, -0.1) is 0 Å². The number of nitro groups is 1. The highest BCUT2D eigenvalue weighted by Crippen LogP contribution is 2.34. The molecule has 2 heterocycles. The maximum Gasteiger partial charge on any atom is 0.339 e. The average Bonchev–Trinajstić information content (AvgIpc) is 3.30. The minimum atomic E-state index is -4.05. The fourth-order valence-corrected chi connectivity index (χ4v) is 6.06. The van der Waals surface area contributed by atoms with Gasteiger partial charge in [0.05, 0.1) is 9.83 Å². The molecule has 0 saturated carbocycles. The molecule has 1 saturated heterocycles. The van der Waals surface area contributed by atoms with E-state index in [0.29, 0.717) is 47.5 Å². The first-order chi connectivity index (χ1) is 18.3. The molecule has 5 rings (SSSR count). The van der Waals surface area contributed by atoms with Crippen molar-refractivity contribution in [2.45, 2.75) is 4.90 Å². The van der Waals surface area contributed by atoms with E-state index in [4.69, 9.17) is 4.18 Å². The normalized spacial score (nSPS) is 17.0. The number of piperazine rings is 1. The van der Waals surface area contributed by atoms with E-state index in [2.05, 4.69) is 4.99 Å². The second kappa shape index (κ2) is 10.7. The van der Waals surface area contributed by atoms with E-state index in [1.807, 2.05) is 9.80 Å². The molecule has 3 aromatic rings. The number of amides is 1. The third-order valence-electron chi connectivity index (χ3n) is 6.02. The van der Waals surface area contributed by atoms with Crippen molar-refractivity contribution in [3.63, 3.8) is 0 Å². The highest BCUT2D eigenvalue weighted by Gasteiger charge is 2.30. The Bertz CT molecular complexity index is 1550. The van der Waals surface area contributed by atoms with Crippen LogP contribution in [0.2, 0.25) is 0 Å². The molecule has 0 spiro atoms. The monoisotopic (exact) mass is 550 g/mol. The first-order valence-electron chi connectivity index (χ1n) is 11.7. The minimum absolute atomic E-state index is 0.0272. The molecule has 0 unspecified atom stereocenters. The number of carbonyl (C=O) groups excluding carboxylic acids is 1. The van der Waals surface area contributed by atoms with Crippen LogP contribution < -0.4 is 9.08 Å². The molecule has 12 heteroatoms. The lowest BCUT2D eigenvalue weighted by Crippen LogP contribution is -2.48. The summed E-state index contributed by atoms with van der Waals surface area (Å²) in [5, 5.41) is 11.9. The van der Waals surface area contributed by atoms with Gasteiger partial charge in [0, 0.05) is 37.8 Å². The van der Waals surface area contributed by atoms with Gasteiger partial charge in [-0.05, 0) is 42.1 Å². The van der Waals surface area contributed by atoms with Gasteiger partial charge in [-0.1, -0.05) is 48.5 Å². The maximum atomic E-state index is 12.7. The van der Waals surface area contributed by atoms with Crippen LogP contribution in [0, 0.1) is 10.1 Å². The highest BCUT2D eigenvalue weighted by atomic mass is 32.2. The van der Waals surface area contributed by atoms with Crippen LogP contribution in [0.3, 0.4) is 0 Å². The fraction of sp³-hybridized carbons (Fsp3) is 0.154. The number of aliphatic imine (C=N–C) groups is 1. The molecule has 2 aliphatic heterocycles. The van der Waals surface area contributed by atoms with E-state index in [1.165, 1.54) is 36.0 Å². The van der Waals surface area contributed by atoms with Crippen molar-refractivity contribution in [1.29, 1.82) is 0 Å². The van der Waals surface area contributed by atoms with Crippen LogP contribution in [0.1, 0.15) is 5.56 Å². The maximum absolute atomic E-state index is 12.7. The molecular formula is C26H22N4O6S2. The predicted octanol–water partition coefficient (Wildman–Crippen LogP) is 4.16. The van der Waals surface area contributed by atoms with Gasteiger partial charge in [-0.3, -0.25) is 14.9 Å². The van der Waals surface area contributed by atoms with Crippen LogP contribution in [0.15, 0.2) is 93.7 Å². The van der Waals surface area contributed by atoms with Gasteiger partial charge in [-0.2, -0.15) is 13.4 Å². The molecule has 1 amide bonds. The Hall–Kier alpha value is -4.16. The fourth-order valence-electron chi connectivity index (χ4n) is 4.13. The molecular weight excluding hydrogens is 528 g/mol. The van der Waals surface area contributed by atoms with Crippen molar-refractivity contribution in [3.8, 4) is 5.75 Å². The summed E-state index contributed by atoms with van der Waals surface area (Å²) < 4.78 is 30.8. The Kier molecular flexibility index (Phi) is 7.16. The molecule has 0 aromatic heterocycles. The summed E-state index contributed by atoms with van der Waals surface area (Å²) in [5.74, 6) is -0.324. The third kappa shape index (κ3) is 5.41. The number of nitrogens with zero attached hydrogens (tertiary/aromatic N) is 4. The van der Waals surface area contributed by atoms with Gasteiger partial charge in [0.1, 0.15) is 16.3 Å². The zero-order valence-electron chi connectivity index (χ0n) is 20.0. The lowest BCUT2D eigenvalue weighted by atomic mass is 10.2. The van der Waals surface area contributed by atoms with Gasteiger partial charge in [-0.25, -0.2) is 0 Å². The van der Waals surface area contributed by atoms with E-state index in [9.17, 15) is 23.3 Å². The third-order valence-corrected chi connectivity index (χ3v) is 8.31. The number of hydrogen-bond donors (Lipinski definition) is 0. The number of rotatable bonds is 6. The molecule has 0 radical (unpaired) electrons. The highest BCUT2D eigenvalue weighted by molar-refractivity contribution is 8.18. The van der Waals surface area contributed by atoms with Crippen molar-refractivity contribution < 1.29 is 22.3 Å². The molecule has 2 aliphatic rings. The number of carbonyl (C=O) groups is 1. The summed E-state index contributed by atoms with van der Waals surface area (Å²) in [7, 11) is -4.05. The lowest BCUT2D eigenvalue weighted by molar-refractivity contribution is -0.384. The largest absolute Gasteiger partial charge is 0.378 e. The Balaban J connectivity index is 1.28. The molecule has 10 nitrogen and oxygen atoms in total. The van der Waals surface area contributed by atoms with Gasteiger partial charge in [0.2, 0.25) is 0 Å². The Morgan fingerprint density at radius 1 is 0.895 bits per heavy atom. The first kappa shape index (κ1) is 25.5. The summed E-state index contributed by atoms with van der Waals surface area (Å²) >= 11 is 1.20. The number of thioether (sulfide) groups is 1. The topological polar surface area (TPSA) is 122 Å². The van der Waals surface area contributed by atoms with E-state index in [-0.39, 0.29) is 21.3 Å². The molecule has 1 fully saturated rings. The number of anilines is 1. The summed E-state index contributed by atoms with van der Waals surface area (Å²) in [6.07, 6.45) is 1.57. The van der Waals surface area contributed by atoms with Crippen molar-refractivity contribution in [3.05, 3.63) is 99.4 Å². The Morgan fingerprint density at radius 2 is 1.53 bits per heavy atom. The molecule has 38 heavy (non-hydrogen) atoms. The van der Waals surface area contributed by atoms with Gasteiger partial charge < -0.3 is 14.0 Å². The van der Waals surface area contributed by atoms with E-state index in [1.54, 1.807) is 60.7 Å². The van der Waals surface area contributed by atoms with Crippen LogP contribution in [0.4, 0.5) is 11.4 Å². The quantitative estimate of drug-likeness (QED) is 0.193. The zero-order valence-corrected chi connectivity index (χ0v) is 21.6. The van der Waals surface area contributed by atoms with E-state index < -0.39 is 16.0 Å². The lowest BCUT2D eigenvalue weighted by Gasteiger charge is -2.36. The van der Waals surface area contributed by atoms with Gasteiger partial charge in [0.25, 0.3) is 11.6 Å². The Labute approximate surface area is 223 Å². The molecule has 0 atom stereocenters. The summed E-state index contributed by atoms with van der Waals surface area (Å²) in [5.41, 5.74) is 1.06. The standard InChI is InChI=1S/C26H22N4O6S2/c31-25-24(18-19-8-4-7-13-23(19)36-38(34,35)20-9-2-1-3-10-20)37-26(27-25)29-16-14-28(15-17-29)21-11-5-6-12-22(21)30(32)33/h1-13,18H,14-17H2/b24-18-. The summed E-state index contributed by atoms with van der Waals surface area (Å²) in [6, 6.07) is 21.0. The van der Waals surface area contributed by atoms with Crippen molar-refractivity contribution in [2.75, 3.05) is 31.1 Å². The van der Waals surface area contributed by atoms with Crippen molar-refractivity contribution in [1.82, 2.24) is 4.90 Å². The van der Waals surface area contributed by atoms with Crippen molar-refractivity contribution in [2.24, 2.45) is 4.99 Å². The second-order valence-electron chi connectivity index (χ2n) is 8.42. The molecule has 3 aromatic carbocycles. The number of amidine groups is 1. The van der Waals surface area contributed by atoms with Gasteiger partial charge in [0.15, 0.2) is 5.17 Å². The number of hydrogen-bond acceptors (Lipinski definition) is 9. The summed E-state index contributed by atoms with van der Waals surface area (Å²) in [4.78, 5) is 32.2. The van der Waals surface area contributed by atoms with Crippen LogP contribution in [-0.4, -0.2) is 55.5 Å². The van der Waals surface area contributed by atoms with Crippen LogP contribution in [0.5, 0.6) is 5.75 Å². The zero-order chi connectivity index (χ0) is 26.7. The molecule has 0 N–H and O–H groups in total. The van der Waals surface area contributed by atoms with Gasteiger partial charge >= 0.3 is 10.1 Å². The van der Waals surface area contributed by atoms with E-state index in [0.717, 1.165) is 0 Å². The molecule has 0 aliphatic carbocycles. The predicted molar refractivity (Wildman–Crippen MR) is 146 cm³/mol. The molecule has 0 bridgehead atoms. The first-order valence-corrected chi connectivity index (χ1v) is 13.9. The average molecular weight is 551 g/mol. The Morgan fingerprint density at radius 3 is 2.26 bits per heavy atom.